The maximum atomic E-state index is 5.22. The molecular formula is C17H25N3O. The average molecular weight is 287 g/mol. The highest BCUT2D eigenvalue weighted by Gasteiger charge is 2.14. The highest BCUT2D eigenvalue weighted by molar-refractivity contribution is 5.34. The number of hydrogen-bond acceptors (Lipinski definition) is 3. The molecule has 0 bridgehead atoms. The summed E-state index contributed by atoms with van der Waals surface area (Å²) >= 11 is 0. The topological polar surface area (TPSA) is 39.1 Å². The molecule has 0 saturated carbocycles. The van der Waals surface area contributed by atoms with Crippen molar-refractivity contribution in [1.29, 1.82) is 0 Å². The maximum Gasteiger partial charge on any atom is 0.203 e. The Morgan fingerprint density at radius 1 is 1.19 bits per heavy atom. The lowest BCUT2D eigenvalue weighted by molar-refractivity contribution is 0.414. The van der Waals surface area contributed by atoms with Crippen LogP contribution in [0.1, 0.15) is 38.1 Å². The van der Waals surface area contributed by atoms with Crippen molar-refractivity contribution in [3.05, 3.63) is 41.7 Å². The Bertz CT molecular complexity index is 572. The Hall–Kier alpha value is -1.97. The van der Waals surface area contributed by atoms with Gasteiger partial charge >= 0.3 is 0 Å². The number of benzene rings is 1. The molecule has 2 rings (SSSR count). The molecule has 1 heterocycles. The van der Waals surface area contributed by atoms with Crippen molar-refractivity contribution in [2.45, 2.75) is 33.7 Å². The van der Waals surface area contributed by atoms with Gasteiger partial charge in [0.2, 0.25) is 5.95 Å². The molecule has 0 aliphatic heterocycles. The van der Waals surface area contributed by atoms with Crippen molar-refractivity contribution >= 4 is 5.95 Å². The van der Waals surface area contributed by atoms with Crippen LogP contribution < -0.4 is 10.1 Å². The third kappa shape index (κ3) is 3.78. The average Bonchev–Trinajstić information content (AvgIpc) is 2.85. The largest absolute Gasteiger partial charge is 0.497 e. The summed E-state index contributed by atoms with van der Waals surface area (Å²) in [5.41, 5.74) is 2.27. The van der Waals surface area contributed by atoms with Gasteiger partial charge in [0.25, 0.3) is 0 Å². The number of methoxy groups -OCH3 is 1. The molecule has 4 nitrogen and oxygen atoms in total. The molecule has 1 aromatic heterocycles. The van der Waals surface area contributed by atoms with E-state index in [1.54, 1.807) is 7.11 Å². The van der Waals surface area contributed by atoms with Crippen molar-refractivity contribution in [1.82, 2.24) is 9.55 Å². The van der Waals surface area contributed by atoms with Gasteiger partial charge in [-0.15, -0.1) is 0 Å². The predicted molar refractivity (Wildman–Crippen MR) is 87.1 cm³/mol. The Labute approximate surface area is 127 Å². The fraction of sp³-hybridized carbons (Fsp3) is 0.471. The van der Waals surface area contributed by atoms with Crippen LogP contribution in [0, 0.1) is 12.8 Å². The van der Waals surface area contributed by atoms with E-state index in [4.69, 9.17) is 4.74 Å². The quantitative estimate of drug-likeness (QED) is 0.876. The minimum atomic E-state index is 0.228. The molecule has 0 aliphatic carbocycles. The van der Waals surface area contributed by atoms with Gasteiger partial charge in [-0.05, 0) is 37.5 Å². The van der Waals surface area contributed by atoms with Crippen LogP contribution in [-0.4, -0.2) is 23.2 Å². The van der Waals surface area contributed by atoms with E-state index in [-0.39, 0.29) is 6.04 Å². The molecule has 1 unspecified atom stereocenters. The molecule has 0 radical (unpaired) electrons. The zero-order chi connectivity index (χ0) is 15.4. The number of anilines is 1. The van der Waals surface area contributed by atoms with Crippen molar-refractivity contribution in [3.63, 3.8) is 0 Å². The second-order valence-electron chi connectivity index (χ2n) is 5.84. The molecule has 4 heteroatoms. The summed E-state index contributed by atoms with van der Waals surface area (Å²) in [5.74, 6) is 2.40. The summed E-state index contributed by atoms with van der Waals surface area (Å²) in [5, 5.41) is 3.43. The van der Waals surface area contributed by atoms with E-state index in [0.29, 0.717) is 5.92 Å². The summed E-state index contributed by atoms with van der Waals surface area (Å²) in [6.07, 6.45) is 2.09. The van der Waals surface area contributed by atoms with Crippen molar-refractivity contribution in [2.24, 2.45) is 5.92 Å². The summed E-state index contributed by atoms with van der Waals surface area (Å²) < 4.78 is 7.41. The van der Waals surface area contributed by atoms with Crippen LogP contribution in [0.5, 0.6) is 5.75 Å². The third-order valence-corrected chi connectivity index (χ3v) is 3.54. The van der Waals surface area contributed by atoms with Crippen LogP contribution in [0.2, 0.25) is 0 Å². The highest BCUT2D eigenvalue weighted by atomic mass is 16.5. The summed E-state index contributed by atoms with van der Waals surface area (Å²) in [6, 6.07) is 8.43. The molecule has 2 aromatic rings. The monoisotopic (exact) mass is 287 g/mol. The fourth-order valence-electron chi connectivity index (χ4n) is 2.28. The number of aryl methyl sites for hydroxylation is 1. The first-order valence-electron chi connectivity index (χ1n) is 7.44. The van der Waals surface area contributed by atoms with E-state index in [9.17, 15) is 0 Å². The number of aromatic nitrogens is 2. The van der Waals surface area contributed by atoms with E-state index in [2.05, 4.69) is 54.0 Å². The molecule has 1 atom stereocenters. The van der Waals surface area contributed by atoms with E-state index >= 15 is 0 Å². The van der Waals surface area contributed by atoms with Gasteiger partial charge in [-0.1, -0.05) is 26.0 Å². The molecule has 0 spiro atoms. The molecule has 0 saturated heterocycles. The fourth-order valence-corrected chi connectivity index (χ4v) is 2.28. The third-order valence-electron chi connectivity index (χ3n) is 3.54. The van der Waals surface area contributed by atoms with E-state index in [1.165, 1.54) is 5.56 Å². The van der Waals surface area contributed by atoms with Gasteiger partial charge in [0, 0.05) is 12.7 Å². The van der Waals surface area contributed by atoms with Gasteiger partial charge in [-0.2, -0.15) is 0 Å². The Kier molecular flexibility index (Phi) is 4.89. The molecular weight excluding hydrogens is 262 g/mol. The van der Waals surface area contributed by atoms with Gasteiger partial charge in [-0.25, -0.2) is 4.98 Å². The van der Waals surface area contributed by atoms with Crippen LogP contribution in [0.3, 0.4) is 0 Å². The summed E-state index contributed by atoms with van der Waals surface area (Å²) in [6.45, 7) is 9.52. The van der Waals surface area contributed by atoms with E-state index in [1.807, 2.05) is 19.1 Å². The molecule has 0 amide bonds. The number of nitrogens with zero attached hydrogens (tertiary/aromatic N) is 2. The molecule has 0 aliphatic rings. The van der Waals surface area contributed by atoms with Crippen LogP contribution in [0.25, 0.3) is 0 Å². The summed E-state index contributed by atoms with van der Waals surface area (Å²) in [4.78, 5) is 4.59. The van der Waals surface area contributed by atoms with Crippen LogP contribution in [0.15, 0.2) is 30.5 Å². The van der Waals surface area contributed by atoms with Crippen molar-refractivity contribution in [2.75, 3.05) is 19.0 Å². The lowest BCUT2D eigenvalue weighted by Crippen LogP contribution is -2.15. The molecule has 1 N–H and O–H groups in total. The van der Waals surface area contributed by atoms with E-state index < -0.39 is 0 Å². The first-order valence-corrected chi connectivity index (χ1v) is 7.44. The normalized spacial score (nSPS) is 12.5. The number of nitrogens with one attached hydrogen (secondary N) is 1. The lowest BCUT2D eigenvalue weighted by Gasteiger charge is -2.18. The van der Waals surface area contributed by atoms with Crippen LogP contribution in [0.4, 0.5) is 5.95 Å². The number of rotatable bonds is 6. The first kappa shape index (κ1) is 15.4. The number of ether oxygens (including phenoxy) is 1. The second-order valence-corrected chi connectivity index (χ2v) is 5.84. The molecule has 1 aromatic carbocycles. The molecule has 0 fully saturated rings. The smallest absolute Gasteiger partial charge is 0.203 e. The number of hydrogen-bond donors (Lipinski definition) is 1. The number of imidazole rings is 1. The van der Waals surface area contributed by atoms with Crippen LogP contribution >= 0.6 is 0 Å². The summed E-state index contributed by atoms with van der Waals surface area (Å²) in [7, 11) is 1.69. The first-order chi connectivity index (χ1) is 10.0. The van der Waals surface area contributed by atoms with Gasteiger partial charge in [0.15, 0.2) is 0 Å². The zero-order valence-electron chi connectivity index (χ0n) is 13.6. The SMILES string of the molecule is COc1ccc(C(C)n2cc(C)nc2NCC(C)C)cc1. The Morgan fingerprint density at radius 2 is 1.86 bits per heavy atom. The molecule has 114 valence electrons. The van der Waals surface area contributed by atoms with Gasteiger partial charge in [0.1, 0.15) is 5.75 Å². The maximum absolute atomic E-state index is 5.22. The highest BCUT2D eigenvalue weighted by Crippen LogP contribution is 2.24. The van der Waals surface area contributed by atoms with Gasteiger partial charge in [0.05, 0.1) is 18.8 Å². The molecule has 21 heavy (non-hydrogen) atoms. The lowest BCUT2D eigenvalue weighted by atomic mass is 10.1. The van der Waals surface area contributed by atoms with Gasteiger partial charge in [-0.3, -0.25) is 0 Å². The minimum Gasteiger partial charge on any atom is -0.497 e. The minimum absolute atomic E-state index is 0.228. The predicted octanol–water partition coefficient (Wildman–Crippen LogP) is 3.88. The van der Waals surface area contributed by atoms with Gasteiger partial charge < -0.3 is 14.6 Å². The Morgan fingerprint density at radius 3 is 2.43 bits per heavy atom. The Balaban J connectivity index is 2.22. The second kappa shape index (κ2) is 6.66. The standard InChI is InChI=1S/C17H25N3O/c1-12(2)10-18-17-19-13(3)11-20(17)14(4)15-6-8-16(21-5)9-7-15/h6-9,11-12,14H,10H2,1-5H3,(H,18,19). The van der Waals surface area contributed by atoms with Crippen LogP contribution in [-0.2, 0) is 0 Å². The van der Waals surface area contributed by atoms with Crippen molar-refractivity contribution < 1.29 is 4.74 Å². The zero-order valence-corrected chi connectivity index (χ0v) is 13.6. The van der Waals surface area contributed by atoms with E-state index in [0.717, 1.165) is 23.9 Å². The van der Waals surface area contributed by atoms with Crippen molar-refractivity contribution in [3.8, 4) is 5.75 Å².